The van der Waals surface area contributed by atoms with Gasteiger partial charge >= 0.3 is 0 Å². The van der Waals surface area contributed by atoms with E-state index in [0.717, 1.165) is 5.70 Å². The van der Waals surface area contributed by atoms with Crippen LogP contribution in [0.1, 0.15) is 11.5 Å². The summed E-state index contributed by atoms with van der Waals surface area (Å²) in [5, 5.41) is 14.6. The summed E-state index contributed by atoms with van der Waals surface area (Å²) in [4.78, 5) is 12.9. The molecule has 0 saturated carbocycles. The molecule has 4 rings (SSSR count). The van der Waals surface area contributed by atoms with Crippen LogP contribution in [-0.4, -0.2) is 23.3 Å². The number of amides is 1. The van der Waals surface area contributed by atoms with Crippen molar-refractivity contribution in [2.24, 2.45) is 11.0 Å². The number of rotatable bonds is 5. The molecule has 28 heavy (non-hydrogen) atoms. The molecule has 1 aromatic carbocycles. The van der Waals surface area contributed by atoms with E-state index in [1.54, 1.807) is 43.5 Å². The van der Waals surface area contributed by atoms with Crippen molar-refractivity contribution >= 4 is 35.0 Å². The van der Waals surface area contributed by atoms with Crippen LogP contribution in [0.2, 0.25) is 5.02 Å². The number of carbonyl (C=O) groups excluding carboxylic acids is 1. The molecule has 1 amide bonds. The fraction of sp³-hybridized carbons (Fsp3) is 0.150. The summed E-state index contributed by atoms with van der Waals surface area (Å²) in [5.74, 6) is 0.229. The van der Waals surface area contributed by atoms with Crippen molar-refractivity contribution < 1.29 is 9.32 Å². The average molecular weight is 396 g/mol. The first kappa shape index (κ1) is 18.1. The predicted molar refractivity (Wildman–Crippen MR) is 109 cm³/mol. The van der Waals surface area contributed by atoms with Crippen LogP contribution >= 0.6 is 11.6 Å². The Kier molecular flexibility index (Phi) is 4.99. The lowest BCUT2D eigenvalue weighted by atomic mass is 9.96. The second-order valence-electron chi connectivity index (χ2n) is 6.49. The summed E-state index contributed by atoms with van der Waals surface area (Å²) < 4.78 is 5.30. The van der Waals surface area contributed by atoms with Gasteiger partial charge in [-0.25, -0.2) is 0 Å². The third-order valence-electron chi connectivity index (χ3n) is 4.36. The average Bonchev–Trinajstić information content (AvgIpc) is 3.32. The van der Waals surface area contributed by atoms with Gasteiger partial charge in [-0.2, -0.15) is 5.10 Å². The Morgan fingerprint density at radius 2 is 2.14 bits per heavy atom. The van der Waals surface area contributed by atoms with E-state index in [1.165, 1.54) is 0 Å². The molecule has 0 spiro atoms. The summed E-state index contributed by atoms with van der Waals surface area (Å²) >= 11 is 5.90. The molecule has 2 unspecified atom stereocenters. The van der Waals surface area contributed by atoms with Gasteiger partial charge in [0.25, 0.3) is 5.91 Å². The van der Waals surface area contributed by atoms with Gasteiger partial charge in [0.2, 0.25) is 0 Å². The molecule has 1 aliphatic heterocycles. The summed E-state index contributed by atoms with van der Waals surface area (Å²) in [6.07, 6.45) is 9.49. The molecule has 0 bridgehead atoms. The third-order valence-corrected chi connectivity index (χ3v) is 4.62. The molecule has 3 N–H and O–H groups in total. The van der Waals surface area contributed by atoms with E-state index in [2.05, 4.69) is 26.3 Å². The minimum atomic E-state index is -0.326. The van der Waals surface area contributed by atoms with Crippen LogP contribution in [-0.2, 0) is 4.79 Å². The van der Waals surface area contributed by atoms with Crippen LogP contribution in [0.5, 0.6) is 0 Å². The van der Waals surface area contributed by atoms with Crippen molar-refractivity contribution in [1.29, 1.82) is 0 Å². The van der Waals surface area contributed by atoms with E-state index in [0.29, 0.717) is 27.7 Å². The van der Waals surface area contributed by atoms with Gasteiger partial charge in [-0.15, -0.1) is 0 Å². The van der Waals surface area contributed by atoms with E-state index in [9.17, 15) is 4.79 Å². The maximum absolute atomic E-state index is 12.9. The maximum Gasteiger partial charge on any atom is 0.261 e. The topological polar surface area (TPSA) is 91.5 Å². The Bertz CT molecular complexity index is 1000. The number of nitrogens with one attached hydrogen (secondary N) is 3. The van der Waals surface area contributed by atoms with Crippen LogP contribution in [0.3, 0.4) is 0 Å². The van der Waals surface area contributed by atoms with E-state index in [1.807, 2.05) is 24.4 Å². The van der Waals surface area contributed by atoms with E-state index < -0.39 is 0 Å². The van der Waals surface area contributed by atoms with Crippen LogP contribution in [0, 0.1) is 12.8 Å². The van der Waals surface area contributed by atoms with Crippen LogP contribution in [0.25, 0.3) is 5.57 Å². The van der Waals surface area contributed by atoms with Crippen molar-refractivity contribution in [3.63, 3.8) is 0 Å². The Labute approximate surface area is 166 Å². The molecule has 2 aliphatic rings. The molecule has 0 fully saturated rings. The van der Waals surface area contributed by atoms with E-state index in [-0.39, 0.29) is 17.9 Å². The standard InChI is InChI=1S/C20H18ClN5O2/c1-12-8-19(28-26-12)17(20(27)24-15-4-2-14(21)3-5-15)11-22-16-6-7-18-13(9-16)10-23-25-18/h2-11,13,18,22,25H,1H3,(H,24,27)/b17-11-. The van der Waals surface area contributed by atoms with Gasteiger partial charge in [0, 0.05) is 40.8 Å². The SMILES string of the molecule is Cc1cc(/C(=C/NC2=CC3C=NNC3C=C2)C(=O)Nc2ccc(Cl)cc2)on1. The first-order chi connectivity index (χ1) is 13.6. The number of anilines is 1. The first-order valence-electron chi connectivity index (χ1n) is 8.74. The van der Waals surface area contributed by atoms with Crippen LogP contribution in [0.4, 0.5) is 5.69 Å². The second kappa shape index (κ2) is 7.74. The lowest BCUT2D eigenvalue weighted by Gasteiger charge is -2.17. The smallest absolute Gasteiger partial charge is 0.261 e. The number of allylic oxidation sites excluding steroid dienone is 1. The quantitative estimate of drug-likeness (QED) is 0.676. The first-order valence-corrected chi connectivity index (χ1v) is 9.12. The number of fused-ring (bicyclic) bond motifs is 1. The maximum atomic E-state index is 12.9. The number of nitrogens with zero attached hydrogens (tertiary/aromatic N) is 2. The zero-order valence-electron chi connectivity index (χ0n) is 15.0. The summed E-state index contributed by atoms with van der Waals surface area (Å²) in [6, 6.07) is 8.78. The molecule has 7 nitrogen and oxygen atoms in total. The summed E-state index contributed by atoms with van der Waals surface area (Å²) in [5.41, 5.74) is 5.53. The van der Waals surface area contributed by atoms with Gasteiger partial charge < -0.3 is 20.6 Å². The number of hydrogen-bond acceptors (Lipinski definition) is 6. The van der Waals surface area contributed by atoms with Crippen molar-refractivity contribution in [3.8, 4) is 0 Å². The minimum Gasteiger partial charge on any atom is -0.361 e. The molecule has 0 radical (unpaired) electrons. The molecule has 1 aliphatic carbocycles. The van der Waals surface area contributed by atoms with Gasteiger partial charge in [-0.1, -0.05) is 22.8 Å². The van der Waals surface area contributed by atoms with Gasteiger partial charge in [0.05, 0.1) is 11.7 Å². The molecular weight excluding hydrogens is 378 g/mol. The number of halogens is 1. The largest absolute Gasteiger partial charge is 0.361 e. The summed E-state index contributed by atoms with van der Waals surface area (Å²) in [7, 11) is 0. The number of hydrogen-bond donors (Lipinski definition) is 3. The molecule has 2 aromatic rings. The number of hydrazone groups is 1. The Hall–Kier alpha value is -3.32. The third kappa shape index (κ3) is 3.99. The molecule has 0 saturated heterocycles. The molecule has 8 heteroatoms. The number of aryl methyl sites for hydroxylation is 1. The fourth-order valence-electron chi connectivity index (χ4n) is 2.90. The number of carbonyl (C=O) groups is 1. The monoisotopic (exact) mass is 395 g/mol. The van der Waals surface area contributed by atoms with Gasteiger partial charge in [-0.3, -0.25) is 4.79 Å². The highest BCUT2D eigenvalue weighted by atomic mass is 35.5. The predicted octanol–water partition coefficient (Wildman–Crippen LogP) is 3.23. The second-order valence-corrected chi connectivity index (χ2v) is 6.92. The van der Waals surface area contributed by atoms with Crippen LogP contribution < -0.4 is 16.1 Å². The zero-order valence-corrected chi connectivity index (χ0v) is 15.8. The van der Waals surface area contributed by atoms with Gasteiger partial charge in [0.15, 0.2) is 5.76 Å². The summed E-state index contributed by atoms with van der Waals surface area (Å²) in [6.45, 7) is 1.80. The molecular formula is C20H18ClN5O2. The minimum absolute atomic E-state index is 0.180. The highest BCUT2D eigenvalue weighted by Crippen LogP contribution is 2.21. The highest BCUT2D eigenvalue weighted by Gasteiger charge is 2.23. The lowest BCUT2D eigenvalue weighted by molar-refractivity contribution is -0.111. The molecule has 142 valence electrons. The number of benzene rings is 1. The lowest BCUT2D eigenvalue weighted by Crippen LogP contribution is -2.27. The molecule has 2 atom stereocenters. The molecule has 1 aromatic heterocycles. The molecule has 2 heterocycles. The van der Waals surface area contributed by atoms with E-state index >= 15 is 0 Å². The van der Waals surface area contributed by atoms with Crippen molar-refractivity contribution in [1.82, 2.24) is 15.9 Å². The Balaban J connectivity index is 1.56. The normalized spacial score (nSPS) is 20.4. The number of aromatic nitrogens is 1. The van der Waals surface area contributed by atoms with Gasteiger partial charge in [0.1, 0.15) is 5.57 Å². The Morgan fingerprint density at radius 1 is 1.32 bits per heavy atom. The highest BCUT2D eigenvalue weighted by molar-refractivity contribution is 6.30. The van der Waals surface area contributed by atoms with Crippen molar-refractivity contribution in [2.75, 3.05) is 5.32 Å². The zero-order chi connectivity index (χ0) is 19.5. The fourth-order valence-corrected chi connectivity index (χ4v) is 3.03. The van der Waals surface area contributed by atoms with Gasteiger partial charge in [-0.05, 0) is 43.3 Å². The van der Waals surface area contributed by atoms with Crippen LogP contribution in [0.15, 0.2) is 70.1 Å². The van der Waals surface area contributed by atoms with Crippen molar-refractivity contribution in [3.05, 3.63) is 76.9 Å². The van der Waals surface area contributed by atoms with E-state index in [4.69, 9.17) is 16.1 Å². The Morgan fingerprint density at radius 3 is 2.89 bits per heavy atom. The van der Waals surface area contributed by atoms with Crippen molar-refractivity contribution in [2.45, 2.75) is 13.0 Å².